The molecular weight excluding hydrogens is 1660 g/mol. The van der Waals surface area contributed by atoms with E-state index < -0.39 is 0 Å². The Hall–Kier alpha value is -16.3. The Morgan fingerprint density at radius 2 is 0.420 bits per heavy atom. The molecule has 0 aliphatic rings. The van der Waals surface area contributed by atoms with Crippen molar-refractivity contribution in [3.8, 4) is 67.5 Å². The molecule has 0 aromatic heterocycles. The normalized spacial score (nSPS) is 12.0. The number of fused-ring (bicyclic) bond motifs is 16. The Kier molecular flexibility index (Phi) is 17.3. The third-order valence-corrected chi connectivity index (χ3v) is 28.8. The Bertz CT molecular complexity index is 8940. The lowest BCUT2D eigenvalue weighted by atomic mass is 9.87. The summed E-state index contributed by atoms with van der Waals surface area (Å²) in [7, 11) is 6.95. The summed E-state index contributed by atoms with van der Waals surface area (Å²) in [5.74, 6) is 3.37. The molecule has 0 aliphatic carbocycles. The number of hydrogen-bond acceptors (Lipinski definition) is 6. The summed E-state index contributed by atoms with van der Waals surface area (Å²) < 4.78 is 24.0. The van der Waals surface area contributed by atoms with Gasteiger partial charge in [0.1, 0.15) is 23.0 Å². The van der Waals surface area contributed by atoms with Crippen LogP contribution in [0.25, 0.3) is 238 Å². The second-order valence-electron chi connectivity index (χ2n) is 34.5. The molecule has 0 saturated carbocycles. The number of para-hydroxylation sites is 4. The quantitative estimate of drug-likeness (QED) is 0.0917. The van der Waals surface area contributed by atoms with E-state index >= 15 is 0 Å². The molecular formula is C124H79BrN2O4. The van der Waals surface area contributed by atoms with Gasteiger partial charge in [-0.1, -0.05) is 307 Å². The molecule has 0 saturated heterocycles. The molecule has 616 valence electrons. The number of hydrogen-bond donors (Lipinski definition) is 1. The van der Waals surface area contributed by atoms with Gasteiger partial charge in [0.15, 0.2) is 0 Å². The lowest BCUT2D eigenvalue weighted by Gasteiger charge is -2.27. The number of rotatable bonds is 13. The van der Waals surface area contributed by atoms with Crippen molar-refractivity contribution in [2.45, 2.75) is 0 Å². The van der Waals surface area contributed by atoms with Gasteiger partial charge in [-0.15, -0.1) is 0 Å². The van der Waals surface area contributed by atoms with E-state index in [2.05, 4.69) is 366 Å². The van der Waals surface area contributed by atoms with Gasteiger partial charge in [0.05, 0.1) is 34.1 Å². The number of methoxy groups -OCH3 is 4. The lowest BCUT2D eigenvalue weighted by Crippen LogP contribution is -2.10. The predicted octanol–water partition coefficient (Wildman–Crippen LogP) is 35.1. The van der Waals surface area contributed by atoms with Crippen molar-refractivity contribution in [2.24, 2.45) is 0 Å². The van der Waals surface area contributed by atoms with Gasteiger partial charge in [0.25, 0.3) is 0 Å². The minimum absolute atomic E-state index is 0.837. The minimum atomic E-state index is 0.837. The first kappa shape index (κ1) is 76.0. The van der Waals surface area contributed by atoms with Crippen LogP contribution in [0.15, 0.2) is 405 Å². The van der Waals surface area contributed by atoms with Crippen LogP contribution in [0, 0.1) is 0 Å². The maximum Gasteiger partial charge on any atom is 0.118 e. The lowest BCUT2D eigenvalue weighted by molar-refractivity contribution is 0.415. The number of halogens is 1. The maximum atomic E-state index is 5.77. The molecule has 0 heterocycles. The van der Waals surface area contributed by atoms with Crippen molar-refractivity contribution in [2.75, 3.05) is 38.7 Å². The molecule has 0 unspecified atom stereocenters. The summed E-state index contributed by atoms with van der Waals surface area (Å²) in [6.07, 6.45) is 0. The molecule has 0 fully saturated rings. The maximum absolute atomic E-state index is 5.77. The molecule has 0 radical (unpaired) electrons. The molecule has 28 aromatic rings. The highest BCUT2D eigenvalue weighted by Crippen LogP contribution is 2.62. The Balaban J connectivity index is 0.000000123. The number of benzene rings is 24. The fourth-order valence-electron chi connectivity index (χ4n) is 22.7. The average molecular weight is 1740 g/mol. The van der Waals surface area contributed by atoms with Crippen LogP contribution in [-0.4, -0.2) is 28.4 Å². The van der Waals surface area contributed by atoms with Gasteiger partial charge in [-0.3, -0.25) is 0 Å². The Morgan fingerprint density at radius 3 is 0.748 bits per heavy atom. The summed E-state index contributed by atoms with van der Waals surface area (Å²) >= 11 is 3.91. The van der Waals surface area contributed by atoms with Gasteiger partial charge in [-0.2, -0.15) is 0 Å². The standard InChI is InChI=1S/C62H39NO2.C50H29BrO2.C12H11N/c1-64-41-26-22-37(23-27-41)54-59-48-21-11-20-47-52(63(39-14-5-3-6-15-39)40-16-7-4-8-17-40)35-34-49(56(47)48)60(59)55(38-24-28-42(65-2)29-25-38)62-51-33-31-46-44-19-10-13-36-12-9-18-43(53(36)44)45-30-32-50(61(54)62)58(51)57(45)46;1-52-29-16-12-27(13-17-29)42-47-36-11-5-10-35-40(51)25-24-37(44(35)36)48(47)43(28-14-18-30(53-2)19-15-28)50-39-23-21-34-32-9-4-7-26-6-3-8-31(41(26)32)33-20-22-38(49(42)50)46(39)45(33)34;1-3-7-11(8-4-1)13-12-9-5-2-6-10-12/h3-35H,1-2H3;3-25H,1-2H3;1-10,13H. The zero-order chi connectivity index (χ0) is 87.0. The SMILES string of the molecule is COc1ccc(-c2c3c4cccc5c(Br)ccc(c3c(-c3ccc(OC)cc3)c3c6ccc7c8cccc9cccc(c%10ccc(c23)c6c%107)c98)c54)cc1.COc1ccc(-c2c3c4cccc5c(N(c6ccccc6)c6ccccc6)ccc(c3c(-c3ccc(OC)cc3)c3c6ccc7c8cccc9cccc(c%10ccc(c23)c6c%107)c98)c54)cc1.c1ccc(Nc2ccccc2)cc1. The number of ether oxygens (including phenoxy) is 4. The zero-order valence-electron chi connectivity index (χ0n) is 72.1. The minimum Gasteiger partial charge on any atom is -0.497 e. The molecule has 7 heteroatoms. The third-order valence-electron chi connectivity index (χ3n) is 28.1. The highest BCUT2D eigenvalue weighted by molar-refractivity contribution is 9.10. The largest absolute Gasteiger partial charge is 0.497 e. The predicted molar refractivity (Wildman–Crippen MR) is 562 cm³/mol. The second kappa shape index (κ2) is 29.9. The van der Waals surface area contributed by atoms with Crippen LogP contribution in [0.3, 0.4) is 0 Å². The molecule has 1 N–H and O–H groups in total. The molecule has 131 heavy (non-hydrogen) atoms. The molecule has 0 amide bonds. The van der Waals surface area contributed by atoms with E-state index in [1.165, 1.54) is 227 Å². The van der Waals surface area contributed by atoms with Crippen LogP contribution in [0.1, 0.15) is 0 Å². The molecule has 6 nitrogen and oxygen atoms in total. The molecule has 28 rings (SSSR count). The van der Waals surface area contributed by atoms with Crippen LogP contribution < -0.4 is 29.2 Å². The topological polar surface area (TPSA) is 52.2 Å². The molecule has 0 bridgehead atoms. The van der Waals surface area contributed by atoms with Crippen molar-refractivity contribution in [1.29, 1.82) is 0 Å². The van der Waals surface area contributed by atoms with Gasteiger partial charge in [0.2, 0.25) is 0 Å². The van der Waals surface area contributed by atoms with Crippen molar-refractivity contribution in [3.63, 3.8) is 0 Å². The van der Waals surface area contributed by atoms with Crippen LogP contribution in [-0.2, 0) is 0 Å². The van der Waals surface area contributed by atoms with Gasteiger partial charge >= 0.3 is 0 Å². The molecule has 28 aromatic carbocycles. The second-order valence-corrected chi connectivity index (χ2v) is 35.4. The molecule has 0 atom stereocenters. The van der Waals surface area contributed by atoms with E-state index in [9.17, 15) is 0 Å². The van der Waals surface area contributed by atoms with E-state index in [-0.39, 0.29) is 0 Å². The first-order valence-corrected chi connectivity index (χ1v) is 45.5. The Labute approximate surface area is 762 Å². The zero-order valence-corrected chi connectivity index (χ0v) is 73.6. The first-order chi connectivity index (χ1) is 64.8. The monoisotopic (exact) mass is 1740 g/mol. The van der Waals surface area contributed by atoms with Crippen molar-refractivity contribution < 1.29 is 18.9 Å². The van der Waals surface area contributed by atoms with Crippen molar-refractivity contribution in [3.05, 3.63) is 405 Å². The van der Waals surface area contributed by atoms with Crippen LogP contribution >= 0.6 is 15.9 Å². The fraction of sp³-hybridized carbons (Fsp3) is 0.0323. The summed E-state index contributed by atoms with van der Waals surface area (Å²) in [5, 5.41) is 49.6. The summed E-state index contributed by atoms with van der Waals surface area (Å²) in [5.41, 5.74) is 15.3. The molecule has 0 aliphatic heterocycles. The van der Waals surface area contributed by atoms with E-state index in [0.29, 0.717) is 0 Å². The van der Waals surface area contributed by atoms with E-state index in [0.717, 1.165) is 67.0 Å². The number of anilines is 5. The smallest absolute Gasteiger partial charge is 0.118 e. The summed E-state index contributed by atoms with van der Waals surface area (Å²) in [6.45, 7) is 0. The van der Waals surface area contributed by atoms with Crippen molar-refractivity contribution >= 4 is 238 Å². The Morgan fingerprint density at radius 1 is 0.183 bits per heavy atom. The van der Waals surface area contributed by atoms with Gasteiger partial charge < -0.3 is 29.2 Å². The van der Waals surface area contributed by atoms with Crippen molar-refractivity contribution in [1.82, 2.24) is 0 Å². The number of nitrogens with zero attached hydrogens (tertiary/aromatic N) is 1. The van der Waals surface area contributed by atoms with E-state index in [1.54, 1.807) is 28.4 Å². The van der Waals surface area contributed by atoms with Gasteiger partial charge in [-0.05, 0) is 342 Å². The third kappa shape index (κ3) is 11.3. The molecule has 0 spiro atoms. The van der Waals surface area contributed by atoms with E-state index in [1.807, 2.05) is 60.7 Å². The van der Waals surface area contributed by atoms with Gasteiger partial charge in [0, 0.05) is 32.6 Å². The van der Waals surface area contributed by atoms with Gasteiger partial charge in [-0.25, -0.2) is 0 Å². The van der Waals surface area contributed by atoms with Crippen LogP contribution in [0.4, 0.5) is 28.4 Å². The van der Waals surface area contributed by atoms with Crippen LogP contribution in [0.2, 0.25) is 0 Å². The highest BCUT2D eigenvalue weighted by atomic mass is 79.9. The van der Waals surface area contributed by atoms with E-state index in [4.69, 9.17) is 18.9 Å². The fourth-order valence-corrected chi connectivity index (χ4v) is 23.2. The summed E-state index contributed by atoms with van der Waals surface area (Å²) in [4.78, 5) is 2.40. The number of nitrogens with one attached hydrogen (secondary N) is 1. The average Bonchev–Trinajstić information content (AvgIpc) is 1.52. The summed E-state index contributed by atoms with van der Waals surface area (Å²) in [6, 6.07) is 146. The highest BCUT2D eigenvalue weighted by Gasteiger charge is 2.33. The first-order valence-electron chi connectivity index (χ1n) is 44.7. The van der Waals surface area contributed by atoms with Crippen LogP contribution in [0.5, 0.6) is 23.0 Å².